The highest BCUT2D eigenvalue weighted by Gasteiger charge is 2.47. The van der Waals surface area contributed by atoms with Gasteiger partial charge in [0.2, 0.25) is 0 Å². The standard InChI is InChI=1S/C18H20O8/c1-7-3-4-8(2)14-13(7)9(10(16(21)22)6-12(19)20)5-11(17(23)24)15(14)18(25)26/h3-4,9-11,15H,5-6H2,1-2H3,(H,19,20)(H,21,22)(H,23,24)(H,25,26). The number of hydrogen-bond donors (Lipinski definition) is 4. The second-order valence-electron chi connectivity index (χ2n) is 6.67. The Balaban J connectivity index is 2.75. The van der Waals surface area contributed by atoms with Crippen LogP contribution in [0.2, 0.25) is 0 Å². The average molecular weight is 364 g/mol. The van der Waals surface area contributed by atoms with Gasteiger partial charge in [0.1, 0.15) is 0 Å². The molecule has 0 aromatic heterocycles. The number of carboxylic acids is 4. The van der Waals surface area contributed by atoms with Gasteiger partial charge in [-0.2, -0.15) is 0 Å². The van der Waals surface area contributed by atoms with E-state index in [2.05, 4.69) is 0 Å². The van der Waals surface area contributed by atoms with Gasteiger partial charge in [-0.25, -0.2) is 0 Å². The van der Waals surface area contributed by atoms with Crippen molar-refractivity contribution in [2.45, 2.75) is 38.5 Å². The Labute approximate surface area is 149 Å². The van der Waals surface area contributed by atoms with Gasteiger partial charge in [0, 0.05) is 0 Å². The molecule has 0 aliphatic heterocycles. The number of aliphatic carboxylic acids is 4. The lowest BCUT2D eigenvalue weighted by Gasteiger charge is -2.38. The first-order valence-electron chi connectivity index (χ1n) is 8.06. The predicted molar refractivity (Wildman–Crippen MR) is 88.2 cm³/mol. The minimum Gasteiger partial charge on any atom is -0.481 e. The summed E-state index contributed by atoms with van der Waals surface area (Å²) in [5.41, 5.74) is 1.91. The molecule has 26 heavy (non-hydrogen) atoms. The fraction of sp³-hybridized carbons (Fsp3) is 0.444. The highest BCUT2D eigenvalue weighted by Crippen LogP contribution is 2.49. The fourth-order valence-corrected chi connectivity index (χ4v) is 3.98. The minimum atomic E-state index is -1.35. The Hall–Kier alpha value is -2.90. The molecule has 0 radical (unpaired) electrons. The molecule has 8 heteroatoms. The van der Waals surface area contributed by atoms with Gasteiger partial charge in [-0.3, -0.25) is 19.2 Å². The van der Waals surface area contributed by atoms with Gasteiger partial charge < -0.3 is 20.4 Å². The topological polar surface area (TPSA) is 149 Å². The zero-order chi connectivity index (χ0) is 19.8. The maximum absolute atomic E-state index is 11.8. The molecule has 4 unspecified atom stereocenters. The third kappa shape index (κ3) is 3.40. The first-order valence-corrected chi connectivity index (χ1v) is 8.06. The van der Waals surface area contributed by atoms with Gasteiger partial charge in [-0.05, 0) is 48.4 Å². The lowest BCUT2D eigenvalue weighted by atomic mass is 9.64. The normalized spacial score (nSPS) is 22.9. The van der Waals surface area contributed by atoms with Crippen molar-refractivity contribution in [3.63, 3.8) is 0 Å². The smallest absolute Gasteiger partial charge is 0.311 e. The van der Waals surface area contributed by atoms with Crippen molar-refractivity contribution in [3.05, 3.63) is 34.4 Å². The Bertz CT molecular complexity index is 782. The number of fused-ring (bicyclic) bond motifs is 1. The molecule has 0 fully saturated rings. The molecule has 1 aromatic rings. The molecular formula is C18H20O8. The molecule has 4 atom stereocenters. The van der Waals surface area contributed by atoms with Crippen molar-refractivity contribution < 1.29 is 39.6 Å². The van der Waals surface area contributed by atoms with Crippen molar-refractivity contribution in [3.8, 4) is 0 Å². The zero-order valence-corrected chi connectivity index (χ0v) is 14.3. The van der Waals surface area contributed by atoms with E-state index in [1.807, 2.05) is 0 Å². The number of carbonyl (C=O) groups is 4. The molecule has 8 nitrogen and oxygen atoms in total. The first kappa shape index (κ1) is 19.4. The largest absolute Gasteiger partial charge is 0.481 e. The molecule has 0 amide bonds. The summed E-state index contributed by atoms with van der Waals surface area (Å²) in [4.78, 5) is 46.4. The van der Waals surface area contributed by atoms with Crippen molar-refractivity contribution in [2.75, 3.05) is 0 Å². The molecule has 2 rings (SSSR count). The number of aryl methyl sites for hydroxylation is 2. The summed E-state index contributed by atoms with van der Waals surface area (Å²) in [5, 5.41) is 37.8. The second kappa shape index (κ2) is 7.15. The summed E-state index contributed by atoms with van der Waals surface area (Å²) in [6, 6.07) is 3.37. The summed E-state index contributed by atoms with van der Waals surface area (Å²) in [7, 11) is 0. The Morgan fingerprint density at radius 1 is 0.962 bits per heavy atom. The van der Waals surface area contributed by atoms with Crippen molar-refractivity contribution in [1.82, 2.24) is 0 Å². The zero-order valence-electron chi connectivity index (χ0n) is 14.3. The van der Waals surface area contributed by atoms with E-state index in [0.29, 0.717) is 16.7 Å². The quantitative estimate of drug-likeness (QED) is 0.597. The molecule has 140 valence electrons. The first-order chi connectivity index (χ1) is 12.1. The van der Waals surface area contributed by atoms with Crippen LogP contribution in [0.4, 0.5) is 0 Å². The van der Waals surface area contributed by atoms with E-state index in [1.54, 1.807) is 26.0 Å². The third-order valence-corrected chi connectivity index (χ3v) is 5.10. The maximum atomic E-state index is 11.8. The van der Waals surface area contributed by atoms with Gasteiger partial charge in [0.05, 0.1) is 24.2 Å². The van der Waals surface area contributed by atoms with Crippen molar-refractivity contribution >= 4 is 23.9 Å². The second-order valence-corrected chi connectivity index (χ2v) is 6.67. The molecule has 0 saturated carbocycles. The summed E-state index contributed by atoms with van der Waals surface area (Å²) < 4.78 is 0. The van der Waals surface area contributed by atoms with Gasteiger partial charge in [0.25, 0.3) is 0 Å². The Morgan fingerprint density at radius 2 is 1.50 bits per heavy atom. The predicted octanol–water partition coefficient (Wildman–Crippen LogP) is 1.84. The van der Waals surface area contributed by atoms with Crippen LogP contribution in [0, 0.1) is 25.7 Å². The van der Waals surface area contributed by atoms with Gasteiger partial charge in [-0.15, -0.1) is 0 Å². The lowest BCUT2D eigenvalue weighted by Crippen LogP contribution is -2.39. The molecular weight excluding hydrogens is 344 g/mol. The van der Waals surface area contributed by atoms with Crippen LogP contribution in [-0.4, -0.2) is 44.3 Å². The molecule has 1 aromatic carbocycles. The van der Waals surface area contributed by atoms with Crippen molar-refractivity contribution in [2.24, 2.45) is 11.8 Å². The van der Waals surface area contributed by atoms with Gasteiger partial charge in [0.15, 0.2) is 0 Å². The number of hydrogen-bond acceptors (Lipinski definition) is 4. The van der Waals surface area contributed by atoms with E-state index in [4.69, 9.17) is 5.11 Å². The summed E-state index contributed by atoms with van der Waals surface area (Å²) >= 11 is 0. The van der Waals surface area contributed by atoms with Crippen LogP contribution in [-0.2, 0) is 19.2 Å². The average Bonchev–Trinajstić information content (AvgIpc) is 2.53. The summed E-state index contributed by atoms with van der Waals surface area (Å²) in [6.45, 7) is 3.33. The molecule has 1 aliphatic carbocycles. The van der Waals surface area contributed by atoms with Crippen LogP contribution < -0.4 is 0 Å². The lowest BCUT2D eigenvalue weighted by molar-refractivity contribution is -0.153. The fourth-order valence-electron chi connectivity index (χ4n) is 3.98. The van der Waals surface area contributed by atoms with E-state index in [1.165, 1.54) is 0 Å². The van der Waals surface area contributed by atoms with Crippen molar-refractivity contribution in [1.29, 1.82) is 0 Å². The summed E-state index contributed by atoms with van der Waals surface area (Å²) in [6.07, 6.45) is -0.912. The highest BCUT2D eigenvalue weighted by molar-refractivity contribution is 5.87. The van der Waals surface area contributed by atoms with Crippen LogP contribution >= 0.6 is 0 Å². The van der Waals surface area contributed by atoms with E-state index >= 15 is 0 Å². The Kier molecular flexibility index (Phi) is 5.34. The molecule has 4 N–H and O–H groups in total. The highest BCUT2D eigenvalue weighted by atomic mass is 16.4. The van der Waals surface area contributed by atoms with Crippen LogP contribution in [0.3, 0.4) is 0 Å². The molecule has 0 bridgehead atoms. The molecule has 0 saturated heterocycles. The molecule has 0 spiro atoms. The summed E-state index contributed by atoms with van der Waals surface area (Å²) in [5.74, 6) is -10.2. The number of rotatable bonds is 6. The van der Waals surface area contributed by atoms with E-state index < -0.39 is 54.0 Å². The molecule has 1 aliphatic rings. The van der Waals surface area contributed by atoms with Crippen LogP contribution in [0.5, 0.6) is 0 Å². The van der Waals surface area contributed by atoms with Crippen LogP contribution in [0.15, 0.2) is 12.1 Å². The number of carboxylic acid groups (broad SMARTS) is 4. The Morgan fingerprint density at radius 3 is 1.92 bits per heavy atom. The van der Waals surface area contributed by atoms with Gasteiger partial charge >= 0.3 is 23.9 Å². The van der Waals surface area contributed by atoms with E-state index in [9.17, 15) is 34.5 Å². The third-order valence-electron chi connectivity index (χ3n) is 5.10. The SMILES string of the molecule is Cc1ccc(C)c2c1C(C(CC(=O)O)C(=O)O)CC(C(=O)O)C2C(=O)O. The monoisotopic (exact) mass is 364 g/mol. The molecule has 0 heterocycles. The minimum absolute atomic E-state index is 0.242. The van der Waals surface area contributed by atoms with Crippen LogP contribution in [0.25, 0.3) is 0 Å². The van der Waals surface area contributed by atoms with E-state index in [0.717, 1.165) is 0 Å². The van der Waals surface area contributed by atoms with E-state index in [-0.39, 0.29) is 12.0 Å². The van der Waals surface area contributed by atoms with Gasteiger partial charge in [-0.1, -0.05) is 12.1 Å². The maximum Gasteiger partial charge on any atom is 0.311 e. The van der Waals surface area contributed by atoms with Crippen LogP contribution in [0.1, 0.15) is 46.9 Å². The number of benzene rings is 1.